The molecule has 1 rings (SSSR count). The highest BCUT2D eigenvalue weighted by Gasteiger charge is 2.17. The van der Waals surface area contributed by atoms with Crippen LogP contribution in [-0.4, -0.2) is 16.5 Å². The van der Waals surface area contributed by atoms with E-state index in [2.05, 4.69) is 12.1 Å². The molecule has 0 atom stereocenters. The first kappa shape index (κ1) is 13.9. The van der Waals surface area contributed by atoms with Gasteiger partial charge in [-0.15, -0.1) is 0 Å². The van der Waals surface area contributed by atoms with Crippen molar-refractivity contribution in [3.05, 3.63) is 17.5 Å². The van der Waals surface area contributed by atoms with Crippen LogP contribution in [0.25, 0.3) is 0 Å². The standard InChI is InChI=1S/C13H22N2O2/c1-4-5-6-10-9-11(15-17-10)12(16)7-8-13(2,3)14/h9H,4-8,14H2,1-3H3. The Labute approximate surface area is 103 Å². The fourth-order valence-corrected chi connectivity index (χ4v) is 1.48. The second kappa shape index (κ2) is 5.96. The van der Waals surface area contributed by atoms with Crippen molar-refractivity contribution in [2.45, 2.75) is 58.4 Å². The molecular weight excluding hydrogens is 216 g/mol. The lowest BCUT2D eigenvalue weighted by Crippen LogP contribution is -2.32. The number of unbranched alkanes of at least 4 members (excludes halogenated alkanes) is 1. The topological polar surface area (TPSA) is 69.1 Å². The van der Waals surface area contributed by atoms with Crippen molar-refractivity contribution >= 4 is 5.78 Å². The van der Waals surface area contributed by atoms with Crippen LogP contribution in [0, 0.1) is 0 Å². The molecular formula is C13H22N2O2. The van der Waals surface area contributed by atoms with Gasteiger partial charge < -0.3 is 10.3 Å². The van der Waals surface area contributed by atoms with Gasteiger partial charge >= 0.3 is 0 Å². The number of carbonyl (C=O) groups is 1. The maximum atomic E-state index is 11.8. The van der Waals surface area contributed by atoms with Gasteiger partial charge in [0.1, 0.15) is 11.5 Å². The van der Waals surface area contributed by atoms with Gasteiger partial charge in [0.05, 0.1) is 0 Å². The quantitative estimate of drug-likeness (QED) is 0.741. The second-order valence-electron chi connectivity index (χ2n) is 5.19. The van der Waals surface area contributed by atoms with Gasteiger partial charge in [-0.25, -0.2) is 0 Å². The molecule has 0 aliphatic heterocycles. The van der Waals surface area contributed by atoms with Crippen LogP contribution < -0.4 is 5.73 Å². The van der Waals surface area contributed by atoms with Crippen LogP contribution in [0.5, 0.6) is 0 Å². The number of rotatable bonds is 7. The van der Waals surface area contributed by atoms with Crippen LogP contribution in [0.1, 0.15) is 62.7 Å². The molecule has 1 heterocycles. The zero-order chi connectivity index (χ0) is 12.9. The number of aryl methyl sites for hydroxylation is 1. The fraction of sp³-hybridized carbons (Fsp3) is 0.692. The number of nitrogens with zero attached hydrogens (tertiary/aromatic N) is 1. The van der Waals surface area contributed by atoms with E-state index in [9.17, 15) is 4.79 Å². The first-order valence-corrected chi connectivity index (χ1v) is 6.20. The third-order valence-electron chi connectivity index (χ3n) is 2.62. The lowest BCUT2D eigenvalue weighted by molar-refractivity contribution is 0.0963. The van der Waals surface area contributed by atoms with Gasteiger partial charge in [0.15, 0.2) is 5.78 Å². The molecule has 0 radical (unpaired) electrons. The van der Waals surface area contributed by atoms with Crippen molar-refractivity contribution in [2.24, 2.45) is 5.73 Å². The lowest BCUT2D eigenvalue weighted by Gasteiger charge is -2.16. The Morgan fingerprint density at radius 3 is 2.82 bits per heavy atom. The molecule has 4 heteroatoms. The molecule has 0 saturated carbocycles. The van der Waals surface area contributed by atoms with Crippen molar-refractivity contribution in [1.29, 1.82) is 0 Å². The number of carbonyl (C=O) groups excluding carboxylic acids is 1. The molecule has 0 aliphatic carbocycles. The van der Waals surface area contributed by atoms with Crippen LogP contribution in [-0.2, 0) is 6.42 Å². The monoisotopic (exact) mass is 238 g/mol. The molecule has 4 nitrogen and oxygen atoms in total. The Bertz CT molecular complexity index is 364. The highest BCUT2D eigenvalue weighted by atomic mass is 16.5. The number of hydrogen-bond donors (Lipinski definition) is 1. The number of ketones is 1. The summed E-state index contributed by atoms with van der Waals surface area (Å²) < 4.78 is 5.12. The minimum atomic E-state index is -0.315. The maximum absolute atomic E-state index is 11.8. The summed E-state index contributed by atoms with van der Waals surface area (Å²) in [5.74, 6) is 0.803. The highest BCUT2D eigenvalue weighted by molar-refractivity contribution is 5.94. The normalized spacial score (nSPS) is 11.8. The van der Waals surface area contributed by atoms with E-state index in [0.717, 1.165) is 25.0 Å². The highest BCUT2D eigenvalue weighted by Crippen LogP contribution is 2.13. The third-order valence-corrected chi connectivity index (χ3v) is 2.62. The Kier molecular flexibility index (Phi) is 4.87. The molecule has 17 heavy (non-hydrogen) atoms. The van der Waals surface area contributed by atoms with Gasteiger partial charge in [0, 0.05) is 24.4 Å². The van der Waals surface area contributed by atoms with E-state index in [4.69, 9.17) is 10.3 Å². The Morgan fingerprint density at radius 1 is 1.53 bits per heavy atom. The zero-order valence-corrected chi connectivity index (χ0v) is 11.0. The average molecular weight is 238 g/mol. The molecule has 0 aromatic carbocycles. The van der Waals surface area contributed by atoms with Crippen LogP contribution in [0.15, 0.2) is 10.6 Å². The molecule has 0 amide bonds. The van der Waals surface area contributed by atoms with Crippen LogP contribution in [0.2, 0.25) is 0 Å². The van der Waals surface area contributed by atoms with E-state index in [1.54, 1.807) is 6.07 Å². The van der Waals surface area contributed by atoms with Gasteiger partial charge in [-0.05, 0) is 26.7 Å². The smallest absolute Gasteiger partial charge is 0.184 e. The summed E-state index contributed by atoms with van der Waals surface area (Å²) in [5.41, 5.74) is 5.95. The van der Waals surface area contributed by atoms with Crippen molar-refractivity contribution in [3.63, 3.8) is 0 Å². The molecule has 0 aliphatic rings. The molecule has 2 N–H and O–H groups in total. The van der Waals surface area contributed by atoms with Crippen LogP contribution in [0.3, 0.4) is 0 Å². The summed E-state index contributed by atoms with van der Waals surface area (Å²) in [6.07, 6.45) is 4.08. The van der Waals surface area contributed by atoms with Crippen molar-refractivity contribution in [3.8, 4) is 0 Å². The Balaban J connectivity index is 2.49. The van der Waals surface area contributed by atoms with E-state index < -0.39 is 0 Å². The molecule has 0 fully saturated rings. The zero-order valence-electron chi connectivity index (χ0n) is 11.0. The van der Waals surface area contributed by atoms with Crippen LogP contribution in [0.4, 0.5) is 0 Å². The van der Waals surface area contributed by atoms with Gasteiger partial charge in [-0.2, -0.15) is 0 Å². The minimum absolute atomic E-state index is 0.00928. The molecule has 1 aromatic rings. The summed E-state index contributed by atoms with van der Waals surface area (Å²) in [6.45, 7) is 5.94. The summed E-state index contributed by atoms with van der Waals surface area (Å²) in [4.78, 5) is 11.8. The lowest BCUT2D eigenvalue weighted by atomic mass is 9.97. The van der Waals surface area contributed by atoms with Gasteiger partial charge in [-0.1, -0.05) is 18.5 Å². The maximum Gasteiger partial charge on any atom is 0.184 e. The number of hydrogen-bond acceptors (Lipinski definition) is 4. The summed E-state index contributed by atoms with van der Waals surface area (Å²) >= 11 is 0. The van der Waals surface area contributed by atoms with E-state index in [-0.39, 0.29) is 11.3 Å². The van der Waals surface area contributed by atoms with Crippen LogP contribution >= 0.6 is 0 Å². The molecule has 0 spiro atoms. The Morgan fingerprint density at radius 2 is 2.24 bits per heavy atom. The molecule has 96 valence electrons. The molecule has 0 bridgehead atoms. The average Bonchev–Trinajstić information content (AvgIpc) is 2.70. The van der Waals surface area contributed by atoms with Crippen molar-refractivity contribution < 1.29 is 9.32 Å². The number of Topliss-reactive ketones (excluding diaryl/α,β-unsaturated/α-hetero) is 1. The Hall–Kier alpha value is -1.16. The molecule has 0 unspecified atom stereocenters. The predicted octanol–water partition coefficient (Wildman–Crippen LogP) is 2.72. The van der Waals surface area contributed by atoms with Crippen molar-refractivity contribution in [1.82, 2.24) is 5.16 Å². The largest absolute Gasteiger partial charge is 0.361 e. The number of nitrogens with two attached hydrogens (primary N) is 1. The van der Waals surface area contributed by atoms with E-state index >= 15 is 0 Å². The first-order valence-electron chi connectivity index (χ1n) is 6.20. The summed E-state index contributed by atoms with van der Waals surface area (Å²) in [6, 6.07) is 1.75. The summed E-state index contributed by atoms with van der Waals surface area (Å²) in [5, 5.41) is 3.80. The third kappa shape index (κ3) is 5.13. The SMILES string of the molecule is CCCCc1cc(C(=O)CCC(C)(C)N)no1. The number of aromatic nitrogens is 1. The molecule has 0 saturated heterocycles. The predicted molar refractivity (Wildman–Crippen MR) is 66.9 cm³/mol. The van der Waals surface area contributed by atoms with Gasteiger partial charge in [-0.3, -0.25) is 4.79 Å². The van der Waals surface area contributed by atoms with E-state index in [1.807, 2.05) is 13.8 Å². The van der Waals surface area contributed by atoms with E-state index in [0.29, 0.717) is 18.5 Å². The first-order chi connectivity index (χ1) is 7.92. The molecule has 1 aromatic heterocycles. The van der Waals surface area contributed by atoms with E-state index in [1.165, 1.54) is 0 Å². The van der Waals surface area contributed by atoms with Gasteiger partial charge in [0.2, 0.25) is 0 Å². The minimum Gasteiger partial charge on any atom is -0.361 e. The van der Waals surface area contributed by atoms with Gasteiger partial charge in [0.25, 0.3) is 0 Å². The summed E-state index contributed by atoms with van der Waals surface area (Å²) in [7, 11) is 0. The fourth-order valence-electron chi connectivity index (χ4n) is 1.48. The second-order valence-corrected chi connectivity index (χ2v) is 5.19. The van der Waals surface area contributed by atoms with Crippen molar-refractivity contribution in [2.75, 3.05) is 0 Å².